The Morgan fingerprint density at radius 1 is 1.14 bits per heavy atom. The van der Waals surface area contributed by atoms with Crippen molar-refractivity contribution in [2.24, 2.45) is 5.92 Å². The van der Waals surface area contributed by atoms with Gasteiger partial charge >= 0.3 is 0 Å². The molecule has 2 fully saturated rings. The van der Waals surface area contributed by atoms with E-state index >= 15 is 0 Å². The van der Waals surface area contributed by atoms with E-state index in [1.807, 2.05) is 0 Å². The highest BCUT2D eigenvalue weighted by atomic mass is 35.5. The van der Waals surface area contributed by atoms with E-state index in [1.165, 1.54) is 16.3 Å². The van der Waals surface area contributed by atoms with E-state index < -0.39 is 0 Å². The minimum Gasteiger partial charge on any atom is -0.352 e. The van der Waals surface area contributed by atoms with Crippen molar-refractivity contribution in [3.63, 3.8) is 0 Å². The summed E-state index contributed by atoms with van der Waals surface area (Å²) in [5, 5.41) is 8.99. The van der Waals surface area contributed by atoms with Crippen molar-refractivity contribution < 1.29 is 4.79 Å². The molecule has 4 rings (SSSR count). The molecule has 2 aromatic rings. The molecular formula is C18H21ClN2O. The third kappa shape index (κ3) is 2.96. The maximum atomic E-state index is 12.3. The normalized spacial score (nSPS) is 26.5. The summed E-state index contributed by atoms with van der Waals surface area (Å²) in [6.45, 7) is 1.93. The summed E-state index contributed by atoms with van der Waals surface area (Å²) in [6, 6.07) is 15.3. The smallest absolute Gasteiger partial charge is 0.224 e. The summed E-state index contributed by atoms with van der Waals surface area (Å²) in [6.07, 6.45) is 2.05. The van der Waals surface area contributed by atoms with Crippen molar-refractivity contribution in [1.29, 1.82) is 0 Å². The van der Waals surface area contributed by atoms with Gasteiger partial charge in [0.25, 0.3) is 0 Å². The van der Waals surface area contributed by atoms with Gasteiger partial charge in [-0.1, -0.05) is 42.5 Å². The molecule has 4 heteroatoms. The van der Waals surface area contributed by atoms with E-state index in [4.69, 9.17) is 0 Å². The van der Waals surface area contributed by atoms with Crippen LogP contribution in [-0.2, 0) is 4.79 Å². The van der Waals surface area contributed by atoms with Gasteiger partial charge in [0.15, 0.2) is 0 Å². The van der Waals surface area contributed by atoms with Gasteiger partial charge in [0.2, 0.25) is 5.91 Å². The SMILES string of the molecule is Cl.O=C(NC1CCNC1)C1CC1c1ccc2ccccc2c1. The van der Waals surface area contributed by atoms with Gasteiger partial charge in [0.1, 0.15) is 0 Å². The van der Waals surface area contributed by atoms with E-state index in [0.717, 1.165) is 25.9 Å². The van der Waals surface area contributed by atoms with E-state index in [0.29, 0.717) is 12.0 Å². The van der Waals surface area contributed by atoms with Gasteiger partial charge in [-0.2, -0.15) is 0 Å². The fourth-order valence-electron chi connectivity index (χ4n) is 3.38. The molecule has 1 saturated heterocycles. The van der Waals surface area contributed by atoms with Crippen molar-refractivity contribution in [1.82, 2.24) is 10.6 Å². The van der Waals surface area contributed by atoms with Crippen LogP contribution in [0.2, 0.25) is 0 Å². The molecule has 22 heavy (non-hydrogen) atoms. The number of benzene rings is 2. The Hall–Kier alpha value is -1.58. The number of hydrogen-bond acceptors (Lipinski definition) is 2. The van der Waals surface area contributed by atoms with E-state index in [1.54, 1.807) is 0 Å². The lowest BCUT2D eigenvalue weighted by Gasteiger charge is -2.11. The number of halogens is 1. The van der Waals surface area contributed by atoms with Crippen LogP contribution >= 0.6 is 12.4 Å². The van der Waals surface area contributed by atoms with Crippen LogP contribution in [0.4, 0.5) is 0 Å². The second kappa shape index (κ2) is 6.27. The lowest BCUT2D eigenvalue weighted by atomic mass is 10.0. The summed E-state index contributed by atoms with van der Waals surface area (Å²) in [5.41, 5.74) is 1.30. The summed E-state index contributed by atoms with van der Waals surface area (Å²) in [5.74, 6) is 0.817. The number of rotatable bonds is 3. The molecule has 3 unspecified atom stereocenters. The summed E-state index contributed by atoms with van der Waals surface area (Å²) in [7, 11) is 0. The second-order valence-corrected chi connectivity index (χ2v) is 6.25. The predicted octanol–water partition coefficient (Wildman–Crippen LogP) is 2.84. The molecule has 116 valence electrons. The van der Waals surface area contributed by atoms with Gasteiger partial charge < -0.3 is 10.6 Å². The van der Waals surface area contributed by atoms with Gasteiger partial charge in [-0.15, -0.1) is 12.4 Å². The first kappa shape index (κ1) is 15.3. The zero-order valence-corrected chi connectivity index (χ0v) is 13.2. The van der Waals surface area contributed by atoms with Crippen LogP contribution in [0.5, 0.6) is 0 Å². The molecule has 1 saturated carbocycles. The molecule has 1 heterocycles. The first-order valence-corrected chi connectivity index (χ1v) is 7.81. The molecule has 3 nitrogen and oxygen atoms in total. The fourth-order valence-corrected chi connectivity index (χ4v) is 3.38. The van der Waals surface area contributed by atoms with Crippen molar-refractivity contribution in [2.45, 2.75) is 24.8 Å². The van der Waals surface area contributed by atoms with Crippen LogP contribution in [0.1, 0.15) is 24.3 Å². The number of amides is 1. The van der Waals surface area contributed by atoms with Crippen LogP contribution in [0.25, 0.3) is 10.8 Å². The predicted molar refractivity (Wildman–Crippen MR) is 91.5 cm³/mol. The maximum absolute atomic E-state index is 12.3. The molecule has 2 aromatic carbocycles. The number of carbonyl (C=O) groups is 1. The quantitative estimate of drug-likeness (QED) is 0.914. The molecule has 0 bridgehead atoms. The lowest BCUT2D eigenvalue weighted by Crippen LogP contribution is -2.37. The van der Waals surface area contributed by atoms with E-state index in [2.05, 4.69) is 53.1 Å². The number of carbonyl (C=O) groups excluding carboxylic acids is 1. The minimum atomic E-state index is 0. The van der Waals surface area contributed by atoms with Crippen LogP contribution in [0, 0.1) is 5.92 Å². The van der Waals surface area contributed by atoms with Crippen LogP contribution in [-0.4, -0.2) is 25.0 Å². The Morgan fingerprint density at radius 3 is 2.73 bits per heavy atom. The van der Waals surface area contributed by atoms with Gasteiger partial charge in [-0.25, -0.2) is 0 Å². The average Bonchev–Trinajstić information content (AvgIpc) is 3.17. The minimum absolute atomic E-state index is 0. The summed E-state index contributed by atoms with van der Waals surface area (Å²) >= 11 is 0. The highest BCUT2D eigenvalue weighted by Crippen LogP contribution is 2.48. The second-order valence-electron chi connectivity index (χ2n) is 6.25. The molecule has 0 spiro atoms. The molecular weight excluding hydrogens is 296 g/mol. The first-order valence-electron chi connectivity index (χ1n) is 7.81. The third-order valence-corrected chi connectivity index (χ3v) is 4.74. The van der Waals surface area contributed by atoms with Crippen LogP contribution in [0.3, 0.4) is 0 Å². The van der Waals surface area contributed by atoms with Gasteiger partial charge in [-0.3, -0.25) is 4.79 Å². The monoisotopic (exact) mass is 316 g/mol. The molecule has 2 N–H and O–H groups in total. The molecule has 1 aliphatic carbocycles. The summed E-state index contributed by atoms with van der Waals surface area (Å²) < 4.78 is 0. The van der Waals surface area contributed by atoms with Crippen LogP contribution in [0.15, 0.2) is 42.5 Å². The van der Waals surface area contributed by atoms with Crippen LogP contribution < -0.4 is 10.6 Å². The Kier molecular flexibility index (Phi) is 4.37. The number of nitrogens with one attached hydrogen (secondary N) is 2. The zero-order valence-electron chi connectivity index (χ0n) is 12.4. The molecule has 1 amide bonds. The zero-order chi connectivity index (χ0) is 14.2. The Balaban J connectivity index is 0.00000144. The standard InChI is InChI=1S/C18H20N2O.ClH/c21-18(20-15-7-8-19-11-15)17-10-16(17)14-6-5-12-3-1-2-4-13(12)9-14;/h1-6,9,15-17,19H,7-8,10-11H2,(H,20,21);1H. The summed E-state index contributed by atoms with van der Waals surface area (Å²) in [4.78, 5) is 12.3. The first-order chi connectivity index (χ1) is 10.3. The van der Waals surface area contributed by atoms with Crippen molar-refractivity contribution >= 4 is 29.1 Å². The lowest BCUT2D eigenvalue weighted by molar-refractivity contribution is -0.123. The molecule has 1 aliphatic heterocycles. The Bertz CT molecular complexity index is 682. The largest absolute Gasteiger partial charge is 0.352 e. The Morgan fingerprint density at radius 2 is 1.95 bits per heavy atom. The van der Waals surface area contributed by atoms with Gasteiger partial charge in [0, 0.05) is 18.5 Å². The van der Waals surface area contributed by atoms with E-state index in [9.17, 15) is 4.79 Å². The fraction of sp³-hybridized carbons (Fsp3) is 0.389. The topological polar surface area (TPSA) is 41.1 Å². The highest BCUT2D eigenvalue weighted by molar-refractivity contribution is 5.86. The molecule has 0 aromatic heterocycles. The van der Waals surface area contributed by atoms with Crippen molar-refractivity contribution in [3.8, 4) is 0 Å². The van der Waals surface area contributed by atoms with Crippen molar-refractivity contribution in [2.75, 3.05) is 13.1 Å². The number of fused-ring (bicyclic) bond motifs is 1. The maximum Gasteiger partial charge on any atom is 0.224 e. The molecule has 0 radical (unpaired) electrons. The molecule has 2 aliphatic rings. The highest BCUT2D eigenvalue weighted by Gasteiger charge is 2.44. The van der Waals surface area contributed by atoms with E-state index in [-0.39, 0.29) is 24.2 Å². The van der Waals surface area contributed by atoms with Crippen molar-refractivity contribution in [3.05, 3.63) is 48.0 Å². The van der Waals surface area contributed by atoms with Gasteiger partial charge in [-0.05, 0) is 41.6 Å². The Labute approximate surface area is 136 Å². The molecule has 3 atom stereocenters. The third-order valence-electron chi connectivity index (χ3n) is 4.74. The average molecular weight is 317 g/mol. The number of hydrogen-bond donors (Lipinski definition) is 2. The van der Waals surface area contributed by atoms with Gasteiger partial charge in [0.05, 0.1) is 0 Å².